The fraction of sp³-hybridized carbons (Fsp3) is 0.727. The standard InChI is InChI=1S/C11H19N3OS/c1-8-9(12)13-16-10(8)14-6-4-5-11(2,7-14)15-3/h4-7H2,1-3H3,(H2,12,13). The molecule has 0 saturated carbocycles. The second-order valence-corrected chi connectivity index (χ2v) is 5.43. The molecule has 16 heavy (non-hydrogen) atoms. The van der Waals surface area contributed by atoms with Gasteiger partial charge in [0.15, 0.2) is 0 Å². The summed E-state index contributed by atoms with van der Waals surface area (Å²) in [6, 6.07) is 0. The molecule has 2 rings (SSSR count). The van der Waals surface area contributed by atoms with E-state index >= 15 is 0 Å². The Morgan fingerprint density at radius 3 is 2.88 bits per heavy atom. The summed E-state index contributed by atoms with van der Waals surface area (Å²) in [5.41, 5.74) is 6.85. The van der Waals surface area contributed by atoms with E-state index in [1.807, 2.05) is 6.92 Å². The number of nitrogens with two attached hydrogens (primary N) is 1. The predicted octanol–water partition coefficient (Wildman–Crippen LogP) is 2.04. The van der Waals surface area contributed by atoms with E-state index in [0.717, 1.165) is 31.5 Å². The SMILES string of the molecule is COC1(C)CCCN(c2snc(N)c2C)C1. The van der Waals surface area contributed by atoms with Crippen LogP contribution in [0.25, 0.3) is 0 Å². The maximum absolute atomic E-state index is 5.79. The van der Waals surface area contributed by atoms with Crippen molar-refractivity contribution in [2.45, 2.75) is 32.3 Å². The van der Waals surface area contributed by atoms with E-state index < -0.39 is 0 Å². The van der Waals surface area contributed by atoms with Crippen molar-refractivity contribution < 1.29 is 4.74 Å². The van der Waals surface area contributed by atoms with Gasteiger partial charge in [-0.15, -0.1) is 0 Å². The highest BCUT2D eigenvalue weighted by Crippen LogP contribution is 2.34. The number of piperidine rings is 1. The first-order chi connectivity index (χ1) is 7.56. The van der Waals surface area contributed by atoms with Crippen molar-refractivity contribution in [3.8, 4) is 0 Å². The molecular formula is C11H19N3OS. The van der Waals surface area contributed by atoms with Gasteiger partial charge in [-0.1, -0.05) is 0 Å². The lowest BCUT2D eigenvalue weighted by molar-refractivity contribution is -0.00453. The Morgan fingerprint density at radius 2 is 2.31 bits per heavy atom. The van der Waals surface area contributed by atoms with Crippen molar-refractivity contribution in [2.24, 2.45) is 0 Å². The van der Waals surface area contributed by atoms with Gasteiger partial charge in [-0.2, -0.15) is 4.37 Å². The van der Waals surface area contributed by atoms with Gasteiger partial charge in [-0.05, 0) is 38.2 Å². The first-order valence-electron chi connectivity index (χ1n) is 5.57. The smallest absolute Gasteiger partial charge is 0.142 e. The van der Waals surface area contributed by atoms with E-state index in [0.29, 0.717) is 5.82 Å². The Balaban J connectivity index is 2.19. The van der Waals surface area contributed by atoms with Gasteiger partial charge in [0.25, 0.3) is 0 Å². The summed E-state index contributed by atoms with van der Waals surface area (Å²) in [5, 5.41) is 1.19. The zero-order valence-electron chi connectivity index (χ0n) is 10.1. The number of nitrogens with zero attached hydrogens (tertiary/aromatic N) is 2. The van der Waals surface area contributed by atoms with E-state index in [1.165, 1.54) is 16.5 Å². The number of rotatable bonds is 2. The molecule has 1 aliphatic rings. The van der Waals surface area contributed by atoms with Crippen molar-refractivity contribution in [1.29, 1.82) is 0 Å². The summed E-state index contributed by atoms with van der Waals surface area (Å²) >= 11 is 1.49. The van der Waals surface area contributed by atoms with Gasteiger partial charge in [0.1, 0.15) is 10.8 Å². The van der Waals surface area contributed by atoms with Crippen molar-refractivity contribution in [2.75, 3.05) is 30.8 Å². The number of nitrogen functional groups attached to an aromatic ring is 1. The van der Waals surface area contributed by atoms with E-state index in [-0.39, 0.29) is 5.60 Å². The number of ether oxygens (including phenoxy) is 1. The van der Waals surface area contributed by atoms with E-state index in [4.69, 9.17) is 10.5 Å². The van der Waals surface area contributed by atoms with E-state index in [1.54, 1.807) is 7.11 Å². The van der Waals surface area contributed by atoms with Crippen molar-refractivity contribution >= 4 is 22.4 Å². The molecule has 4 nitrogen and oxygen atoms in total. The molecule has 1 aromatic heterocycles. The molecule has 90 valence electrons. The molecule has 0 spiro atoms. The van der Waals surface area contributed by atoms with Crippen LogP contribution in [-0.4, -0.2) is 30.2 Å². The highest BCUT2D eigenvalue weighted by Gasteiger charge is 2.32. The Labute approximate surface area is 101 Å². The summed E-state index contributed by atoms with van der Waals surface area (Å²) in [6.07, 6.45) is 2.27. The monoisotopic (exact) mass is 241 g/mol. The first kappa shape index (κ1) is 11.7. The quantitative estimate of drug-likeness (QED) is 0.861. The lowest BCUT2D eigenvalue weighted by Gasteiger charge is -2.40. The minimum Gasteiger partial charge on any atom is -0.383 e. The minimum atomic E-state index is -0.0383. The number of anilines is 2. The molecule has 1 aliphatic heterocycles. The maximum atomic E-state index is 5.79. The van der Waals surface area contributed by atoms with Crippen LogP contribution in [0.5, 0.6) is 0 Å². The molecule has 1 fully saturated rings. The molecule has 1 atom stereocenters. The van der Waals surface area contributed by atoms with Crippen molar-refractivity contribution in [1.82, 2.24) is 4.37 Å². The van der Waals surface area contributed by atoms with Gasteiger partial charge in [0.05, 0.1) is 5.60 Å². The van der Waals surface area contributed by atoms with Crippen LogP contribution >= 0.6 is 11.5 Å². The third-order valence-electron chi connectivity index (χ3n) is 3.37. The van der Waals surface area contributed by atoms with Gasteiger partial charge in [0.2, 0.25) is 0 Å². The highest BCUT2D eigenvalue weighted by atomic mass is 32.1. The predicted molar refractivity (Wildman–Crippen MR) is 68.1 cm³/mol. The zero-order valence-corrected chi connectivity index (χ0v) is 10.9. The largest absolute Gasteiger partial charge is 0.383 e. The van der Waals surface area contributed by atoms with Crippen LogP contribution in [-0.2, 0) is 4.74 Å². The van der Waals surface area contributed by atoms with Crippen LogP contribution in [0.3, 0.4) is 0 Å². The molecule has 0 radical (unpaired) electrons. The zero-order chi connectivity index (χ0) is 11.8. The topological polar surface area (TPSA) is 51.4 Å². The summed E-state index contributed by atoms with van der Waals surface area (Å²) in [4.78, 5) is 2.34. The van der Waals surface area contributed by atoms with E-state index in [2.05, 4.69) is 16.2 Å². The van der Waals surface area contributed by atoms with Gasteiger partial charge >= 0.3 is 0 Å². The van der Waals surface area contributed by atoms with Crippen LogP contribution in [0, 0.1) is 6.92 Å². The third kappa shape index (κ3) is 2.01. The van der Waals surface area contributed by atoms with E-state index in [9.17, 15) is 0 Å². The number of hydrogen-bond donors (Lipinski definition) is 1. The van der Waals surface area contributed by atoms with Gasteiger partial charge in [-0.3, -0.25) is 0 Å². The van der Waals surface area contributed by atoms with Crippen LogP contribution in [0.2, 0.25) is 0 Å². The lowest BCUT2D eigenvalue weighted by atomic mass is 9.95. The fourth-order valence-corrected chi connectivity index (χ4v) is 3.01. The molecule has 0 amide bonds. The Bertz CT molecular complexity index is 379. The summed E-state index contributed by atoms with van der Waals surface area (Å²) in [5.74, 6) is 0.657. The van der Waals surface area contributed by atoms with Crippen molar-refractivity contribution in [3.63, 3.8) is 0 Å². The molecular weight excluding hydrogens is 222 g/mol. The van der Waals surface area contributed by atoms with Gasteiger partial charge < -0.3 is 15.4 Å². The van der Waals surface area contributed by atoms with Crippen LogP contribution in [0.15, 0.2) is 0 Å². The average Bonchev–Trinajstić information content (AvgIpc) is 2.60. The highest BCUT2D eigenvalue weighted by molar-refractivity contribution is 7.10. The van der Waals surface area contributed by atoms with Crippen molar-refractivity contribution in [3.05, 3.63) is 5.56 Å². The van der Waals surface area contributed by atoms with Crippen LogP contribution in [0.1, 0.15) is 25.3 Å². The molecule has 0 aromatic carbocycles. The summed E-state index contributed by atoms with van der Waals surface area (Å²) < 4.78 is 9.79. The van der Waals surface area contributed by atoms with Crippen LogP contribution < -0.4 is 10.6 Å². The Morgan fingerprint density at radius 1 is 1.56 bits per heavy atom. The van der Waals surface area contributed by atoms with Crippen LogP contribution in [0.4, 0.5) is 10.8 Å². The number of methoxy groups -OCH3 is 1. The molecule has 0 bridgehead atoms. The second-order valence-electron chi connectivity index (χ2n) is 4.68. The molecule has 1 unspecified atom stereocenters. The summed E-state index contributed by atoms with van der Waals surface area (Å²) in [6.45, 7) is 6.19. The number of hydrogen-bond acceptors (Lipinski definition) is 5. The molecule has 0 aliphatic carbocycles. The average molecular weight is 241 g/mol. The number of aromatic nitrogens is 1. The molecule has 1 aromatic rings. The van der Waals surface area contributed by atoms with Gasteiger partial charge in [0, 0.05) is 25.8 Å². The molecule has 5 heteroatoms. The third-order valence-corrected chi connectivity index (χ3v) is 4.40. The Hall–Kier alpha value is -0.810. The minimum absolute atomic E-state index is 0.0383. The molecule has 1 saturated heterocycles. The van der Waals surface area contributed by atoms with Gasteiger partial charge in [-0.25, -0.2) is 0 Å². The maximum Gasteiger partial charge on any atom is 0.142 e. The lowest BCUT2D eigenvalue weighted by Crippen LogP contribution is -2.47. The first-order valence-corrected chi connectivity index (χ1v) is 6.35. The molecule has 2 N–H and O–H groups in total. The fourth-order valence-electron chi connectivity index (χ4n) is 2.18. The summed E-state index contributed by atoms with van der Waals surface area (Å²) in [7, 11) is 1.79. The Kier molecular flexibility index (Phi) is 3.08. The second kappa shape index (κ2) is 4.22. The molecule has 2 heterocycles. The normalized spacial score (nSPS) is 26.1.